The van der Waals surface area contributed by atoms with Gasteiger partial charge in [0, 0.05) is 11.8 Å². The summed E-state index contributed by atoms with van der Waals surface area (Å²) >= 11 is 0. The van der Waals surface area contributed by atoms with E-state index in [1.807, 2.05) is 26.6 Å². The van der Waals surface area contributed by atoms with Crippen LogP contribution >= 0.6 is 0 Å². The van der Waals surface area contributed by atoms with Crippen LogP contribution in [0, 0.1) is 21.6 Å². The van der Waals surface area contributed by atoms with E-state index in [1.165, 1.54) is 30.3 Å². The number of carbonyl (C=O) groups is 7. The second kappa shape index (κ2) is 23.0. The number of aliphatic hydroxyl groups is 1. The van der Waals surface area contributed by atoms with Gasteiger partial charge < -0.3 is 97.8 Å². The van der Waals surface area contributed by atoms with Crippen molar-refractivity contribution in [2.24, 2.45) is 39.4 Å². The smallest absolute Gasteiger partial charge is 0.272 e. The van der Waals surface area contributed by atoms with E-state index >= 15 is 0 Å². The number of nitrogens with zero attached hydrogens (tertiary/aromatic N) is 1. The lowest BCUT2D eigenvalue weighted by Gasteiger charge is -2.28. The van der Waals surface area contributed by atoms with Crippen LogP contribution in [-0.2, 0) is 33.6 Å². The summed E-state index contributed by atoms with van der Waals surface area (Å²) in [5, 5.41) is 73.7. The molecule has 0 aliphatic carbocycles. The number of nitrogens with one attached hydrogen (secondary N) is 14. The molecule has 0 aliphatic heterocycles. The fraction of sp³-hybridized carbons (Fsp3) is 0.200. The Kier molecular flexibility index (Phi) is 17.7. The summed E-state index contributed by atoms with van der Waals surface area (Å²) in [7, 11) is 0. The van der Waals surface area contributed by atoms with Crippen LogP contribution in [0.25, 0.3) is 10.8 Å². The summed E-state index contributed by atoms with van der Waals surface area (Å²) < 4.78 is 0. The number of aliphatic hydroxyl groups excluding tert-OH is 1. The molecule has 65 heavy (non-hydrogen) atoms. The van der Waals surface area contributed by atoms with Gasteiger partial charge in [0.25, 0.3) is 35.4 Å². The van der Waals surface area contributed by atoms with Crippen molar-refractivity contribution in [3.05, 3.63) is 77.9 Å². The van der Waals surface area contributed by atoms with Crippen LogP contribution in [0.1, 0.15) is 17.2 Å². The van der Waals surface area contributed by atoms with Gasteiger partial charge in [0.2, 0.25) is 12.1 Å². The Labute approximate surface area is 366 Å². The Morgan fingerprint density at radius 1 is 0.523 bits per heavy atom. The van der Waals surface area contributed by atoms with Gasteiger partial charge in [-0.25, -0.2) is 0 Å². The Bertz CT molecular complexity index is 2360. The lowest BCUT2D eigenvalue weighted by atomic mass is 10.0. The highest BCUT2D eigenvalue weighted by Gasteiger charge is 2.34. The van der Waals surface area contributed by atoms with Gasteiger partial charge in [-0.05, 0) is 22.4 Å². The number of phenols is 1. The molecule has 0 radical (unpaired) electrons. The molecule has 3 aromatic rings. The first-order chi connectivity index (χ1) is 30.6. The standard InChI is InChI=1S/C35H47N21O9/c36-19(20(37)58)48-26(60)21(53-32(38)39)50-28(62)23(55-34(42)43)52-29(63)24(56-35(44)45)51-27(61)22(54-33(40)41)49-25(59)18(14-7-2-1-3-8-14)47-31(65)30(64)46-12-16-15-9-5-4-6-13(15)10-11-17(16)57/h1-12,18-19,21-24,30,57,64H,36H2,(H2,37,58)(H,47,65)(H,48,60)(H,49,59)(H,50,62)(H,51,61)(H,52,63)(H4,38,39,53)(H4,40,41,54)(H4,42,43,55)(H4,44,45,56)/b46-12+. The van der Waals surface area contributed by atoms with E-state index in [2.05, 4.69) is 31.6 Å². The van der Waals surface area contributed by atoms with Crippen molar-refractivity contribution in [3.63, 3.8) is 0 Å². The number of amides is 7. The number of hydrogen-bond donors (Lipinski definition) is 22. The molecule has 0 aromatic heterocycles. The maximum absolute atomic E-state index is 13.9. The Balaban J connectivity index is 1.86. The SMILES string of the molecule is N=C(N)NC(NC(=O)C(NC(=N)N)NC(=O)C(NC(=N)N)NC(=O)C(NC(=N)N)NC(=O)C(NC(=O)C(O)/N=C/c1c(O)ccc2ccccc12)c1ccccc1)C(=O)NC(N)C(N)=O. The molecule has 7 atom stereocenters. The minimum Gasteiger partial charge on any atom is -0.507 e. The second-order valence-corrected chi connectivity index (χ2v) is 13.1. The lowest BCUT2D eigenvalue weighted by molar-refractivity contribution is -0.136. The van der Waals surface area contributed by atoms with E-state index in [0.29, 0.717) is 5.39 Å². The number of aromatic hydroxyl groups is 1. The molecule has 0 fully saturated rings. The molecule has 7 unspecified atom stereocenters. The van der Waals surface area contributed by atoms with Gasteiger partial charge in [0.1, 0.15) is 11.8 Å². The van der Waals surface area contributed by atoms with Crippen LogP contribution in [-0.4, -0.2) is 119 Å². The van der Waals surface area contributed by atoms with Crippen LogP contribution < -0.4 is 87.6 Å². The number of carbonyl (C=O) groups excluding carboxylic acids is 7. The third-order valence-corrected chi connectivity index (χ3v) is 8.21. The molecule has 0 saturated carbocycles. The van der Waals surface area contributed by atoms with E-state index < -0.39 is 108 Å². The van der Waals surface area contributed by atoms with Crippen LogP contribution in [0.2, 0.25) is 0 Å². The molecule has 3 aromatic carbocycles. The van der Waals surface area contributed by atoms with Gasteiger partial charge in [-0.1, -0.05) is 60.7 Å². The molecule has 0 saturated heterocycles. The first-order valence-corrected chi connectivity index (χ1v) is 18.3. The number of guanidine groups is 4. The number of aliphatic imine (C=N–C) groups is 1. The highest BCUT2D eigenvalue weighted by Crippen LogP contribution is 2.25. The highest BCUT2D eigenvalue weighted by molar-refractivity contribution is 6.04. The fourth-order valence-electron chi connectivity index (χ4n) is 5.30. The molecule has 346 valence electrons. The number of hydrogen-bond acceptors (Lipinski definition) is 15. The Morgan fingerprint density at radius 3 is 1.38 bits per heavy atom. The average molecular weight is 906 g/mol. The van der Waals surface area contributed by atoms with Gasteiger partial charge in [0.05, 0.1) is 0 Å². The number of nitrogens with two attached hydrogens (primary N) is 6. The number of phenolic OH excluding ortho intramolecular Hbond substituents is 1. The highest BCUT2D eigenvalue weighted by atomic mass is 16.3. The predicted octanol–water partition coefficient (Wildman–Crippen LogP) is -8.27. The van der Waals surface area contributed by atoms with E-state index in [0.717, 1.165) is 11.6 Å². The zero-order valence-electron chi connectivity index (χ0n) is 33.6. The number of primary amides is 1. The topological polar surface area (TPSA) is 544 Å². The predicted molar refractivity (Wildman–Crippen MR) is 230 cm³/mol. The summed E-state index contributed by atoms with van der Waals surface area (Å²) in [6.45, 7) is 0. The first kappa shape index (κ1) is 50.0. The summed E-state index contributed by atoms with van der Waals surface area (Å²) in [5.74, 6) is -12.9. The largest absolute Gasteiger partial charge is 0.507 e. The van der Waals surface area contributed by atoms with Crippen molar-refractivity contribution in [2.75, 3.05) is 0 Å². The van der Waals surface area contributed by atoms with E-state index in [4.69, 9.17) is 56.0 Å². The van der Waals surface area contributed by atoms with Gasteiger partial charge >= 0.3 is 0 Å². The van der Waals surface area contributed by atoms with Gasteiger partial charge in [-0.2, -0.15) is 0 Å². The van der Waals surface area contributed by atoms with Crippen molar-refractivity contribution >= 4 is 82.2 Å². The van der Waals surface area contributed by atoms with Crippen molar-refractivity contribution in [1.29, 1.82) is 21.6 Å². The molecule has 7 amide bonds. The molecule has 30 heteroatoms. The zero-order chi connectivity index (χ0) is 48.5. The molecule has 0 heterocycles. The third kappa shape index (κ3) is 15.3. The summed E-state index contributed by atoms with van der Waals surface area (Å²) in [4.78, 5) is 95.5. The maximum atomic E-state index is 13.9. The molecule has 0 bridgehead atoms. The van der Waals surface area contributed by atoms with Crippen LogP contribution in [0.5, 0.6) is 5.75 Å². The van der Waals surface area contributed by atoms with Crippen molar-refractivity contribution in [2.45, 2.75) is 43.1 Å². The van der Waals surface area contributed by atoms with Gasteiger partial charge in [0.15, 0.2) is 54.7 Å². The maximum Gasteiger partial charge on any atom is 0.272 e. The second-order valence-electron chi connectivity index (χ2n) is 13.1. The van der Waals surface area contributed by atoms with Crippen LogP contribution in [0.15, 0.2) is 71.7 Å². The molecular weight excluding hydrogens is 859 g/mol. The zero-order valence-corrected chi connectivity index (χ0v) is 33.6. The summed E-state index contributed by atoms with van der Waals surface area (Å²) in [6, 6.07) is 15.6. The van der Waals surface area contributed by atoms with E-state index in [-0.39, 0.29) is 16.9 Å². The molecule has 30 nitrogen and oxygen atoms in total. The normalized spacial score (nSPS) is 13.9. The Hall–Kier alpha value is -9.32. The lowest BCUT2D eigenvalue weighted by Crippen LogP contribution is -2.69. The molecule has 28 N–H and O–H groups in total. The summed E-state index contributed by atoms with van der Waals surface area (Å²) in [6.07, 6.45) is -11.1. The fourth-order valence-corrected chi connectivity index (χ4v) is 5.30. The van der Waals surface area contributed by atoms with Gasteiger partial charge in [-0.15, -0.1) is 0 Å². The number of benzene rings is 3. The van der Waals surface area contributed by atoms with Gasteiger partial charge in [-0.3, -0.25) is 60.2 Å². The minimum atomic E-state index is -2.14. The van der Waals surface area contributed by atoms with Crippen molar-refractivity contribution in [1.82, 2.24) is 53.2 Å². The molecule has 0 aliphatic rings. The van der Waals surface area contributed by atoms with Crippen LogP contribution in [0.3, 0.4) is 0 Å². The number of fused-ring (bicyclic) bond motifs is 1. The molecular formula is C35H47N21O9. The average Bonchev–Trinajstić information content (AvgIpc) is 3.23. The third-order valence-electron chi connectivity index (χ3n) is 8.21. The molecule has 3 rings (SSSR count). The van der Waals surface area contributed by atoms with Crippen molar-refractivity contribution < 1.29 is 43.8 Å². The number of rotatable bonds is 20. The monoisotopic (exact) mass is 905 g/mol. The quantitative estimate of drug-likeness (QED) is 0.0284. The van der Waals surface area contributed by atoms with Crippen LogP contribution in [0.4, 0.5) is 0 Å². The van der Waals surface area contributed by atoms with Crippen molar-refractivity contribution in [3.8, 4) is 5.75 Å². The molecule has 0 spiro atoms. The van der Waals surface area contributed by atoms with E-state index in [1.54, 1.807) is 36.4 Å². The summed E-state index contributed by atoms with van der Waals surface area (Å²) in [5.41, 5.74) is 32.3. The minimum absolute atomic E-state index is 0.106. The Morgan fingerprint density at radius 2 is 0.938 bits per heavy atom. The van der Waals surface area contributed by atoms with E-state index in [9.17, 15) is 43.8 Å². The first-order valence-electron chi connectivity index (χ1n) is 18.3.